The number of halogens is 1. The quantitative estimate of drug-likeness (QED) is 0.795. The summed E-state index contributed by atoms with van der Waals surface area (Å²) >= 11 is 3.31. The molecule has 0 aromatic carbocycles. The zero-order chi connectivity index (χ0) is 11.5. The van der Waals surface area contributed by atoms with Crippen LogP contribution in [0, 0.1) is 5.92 Å². The maximum absolute atomic E-state index is 9.06. The zero-order valence-electron chi connectivity index (χ0n) is 8.93. The number of piperidine rings is 1. The summed E-state index contributed by atoms with van der Waals surface area (Å²) in [5.74, 6) is 1.56. The number of aliphatic hydroxyl groups excluding tert-OH is 1. The van der Waals surface area contributed by atoms with Crippen LogP contribution in [0.4, 0.5) is 11.8 Å². The molecule has 6 heteroatoms. The lowest BCUT2D eigenvalue weighted by molar-refractivity contribution is 0.202. The van der Waals surface area contributed by atoms with Crippen molar-refractivity contribution in [1.82, 2.24) is 9.97 Å². The van der Waals surface area contributed by atoms with E-state index in [-0.39, 0.29) is 6.61 Å². The van der Waals surface area contributed by atoms with E-state index in [9.17, 15) is 0 Å². The molecular formula is C10H15BrN4O. The van der Waals surface area contributed by atoms with E-state index >= 15 is 0 Å². The smallest absolute Gasteiger partial charge is 0.228 e. The second-order valence-electron chi connectivity index (χ2n) is 4.03. The molecule has 1 aromatic heterocycles. The molecular weight excluding hydrogens is 272 g/mol. The first-order valence-corrected chi connectivity index (χ1v) is 6.14. The highest BCUT2D eigenvalue weighted by molar-refractivity contribution is 9.10. The van der Waals surface area contributed by atoms with Crippen LogP contribution in [0.3, 0.4) is 0 Å². The third-order valence-corrected chi connectivity index (χ3v) is 3.26. The Bertz CT molecular complexity index is 346. The molecule has 3 N–H and O–H groups in total. The molecule has 16 heavy (non-hydrogen) atoms. The van der Waals surface area contributed by atoms with Crippen LogP contribution < -0.4 is 10.6 Å². The number of aromatic nitrogens is 2. The van der Waals surface area contributed by atoms with Crippen LogP contribution in [0.5, 0.6) is 0 Å². The van der Waals surface area contributed by atoms with Gasteiger partial charge in [0, 0.05) is 25.8 Å². The van der Waals surface area contributed by atoms with Crippen molar-refractivity contribution in [3.8, 4) is 0 Å². The largest absolute Gasteiger partial charge is 0.396 e. The lowest BCUT2D eigenvalue weighted by atomic mass is 9.98. The van der Waals surface area contributed by atoms with Crippen LogP contribution in [0.25, 0.3) is 0 Å². The Morgan fingerprint density at radius 3 is 2.69 bits per heavy atom. The molecule has 2 heterocycles. The summed E-state index contributed by atoms with van der Waals surface area (Å²) in [6.07, 6.45) is 1.96. The predicted octanol–water partition coefficient (Wildman–Crippen LogP) is 1.03. The molecule has 0 spiro atoms. The average Bonchev–Trinajstić information content (AvgIpc) is 2.28. The lowest BCUT2D eigenvalue weighted by Gasteiger charge is -2.31. The van der Waals surface area contributed by atoms with Gasteiger partial charge in [0.15, 0.2) is 0 Å². The van der Waals surface area contributed by atoms with Crippen LogP contribution >= 0.6 is 15.9 Å². The van der Waals surface area contributed by atoms with E-state index in [1.807, 2.05) is 0 Å². The monoisotopic (exact) mass is 286 g/mol. The number of nitrogen functional groups attached to an aromatic ring is 1. The number of hydrogen-bond donors (Lipinski definition) is 2. The minimum atomic E-state index is 0.273. The number of rotatable bonds is 2. The van der Waals surface area contributed by atoms with Crippen molar-refractivity contribution in [1.29, 1.82) is 0 Å². The topological polar surface area (TPSA) is 75.3 Å². The summed E-state index contributed by atoms with van der Waals surface area (Å²) in [5, 5.41) is 9.06. The Labute approximate surface area is 103 Å². The molecule has 0 radical (unpaired) electrons. The molecule has 0 aliphatic carbocycles. The molecule has 5 nitrogen and oxygen atoms in total. The van der Waals surface area contributed by atoms with Gasteiger partial charge < -0.3 is 15.7 Å². The van der Waals surface area contributed by atoms with Crippen molar-refractivity contribution < 1.29 is 5.11 Å². The number of nitrogens with two attached hydrogens (primary N) is 1. The first kappa shape index (κ1) is 11.6. The molecule has 1 fully saturated rings. The number of nitrogens with zero attached hydrogens (tertiary/aromatic N) is 3. The second-order valence-corrected chi connectivity index (χ2v) is 4.84. The molecule has 88 valence electrons. The van der Waals surface area contributed by atoms with E-state index in [0.717, 1.165) is 25.9 Å². The molecule has 1 aromatic rings. The van der Waals surface area contributed by atoms with Gasteiger partial charge in [-0.3, -0.25) is 0 Å². The van der Waals surface area contributed by atoms with Crippen LogP contribution in [0.15, 0.2) is 10.7 Å². The minimum absolute atomic E-state index is 0.273. The number of hydrogen-bond acceptors (Lipinski definition) is 5. The van der Waals surface area contributed by atoms with E-state index in [1.54, 1.807) is 6.07 Å². The fraction of sp³-hybridized carbons (Fsp3) is 0.600. The van der Waals surface area contributed by atoms with Crippen molar-refractivity contribution in [2.75, 3.05) is 30.3 Å². The summed E-state index contributed by atoms with van der Waals surface area (Å²) in [7, 11) is 0. The predicted molar refractivity (Wildman–Crippen MR) is 66.2 cm³/mol. The Balaban J connectivity index is 2.08. The van der Waals surface area contributed by atoms with Gasteiger partial charge in [-0.15, -0.1) is 0 Å². The van der Waals surface area contributed by atoms with Gasteiger partial charge >= 0.3 is 0 Å². The first-order chi connectivity index (χ1) is 7.69. The molecule has 1 aliphatic heterocycles. The maximum atomic E-state index is 9.06. The van der Waals surface area contributed by atoms with E-state index in [2.05, 4.69) is 30.8 Å². The summed E-state index contributed by atoms with van der Waals surface area (Å²) in [4.78, 5) is 10.6. The number of aliphatic hydroxyl groups is 1. The highest BCUT2D eigenvalue weighted by atomic mass is 79.9. The highest BCUT2D eigenvalue weighted by Crippen LogP contribution is 2.22. The van der Waals surface area contributed by atoms with Crippen LogP contribution in [-0.4, -0.2) is 34.8 Å². The van der Waals surface area contributed by atoms with Crippen LogP contribution in [0.1, 0.15) is 12.8 Å². The van der Waals surface area contributed by atoms with Crippen LogP contribution in [0.2, 0.25) is 0 Å². The first-order valence-electron chi connectivity index (χ1n) is 5.35. The Morgan fingerprint density at radius 2 is 2.12 bits per heavy atom. The molecule has 0 bridgehead atoms. The van der Waals surface area contributed by atoms with Gasteiger partial charge in [-0.1, -0.05) is 0 Å². The molecule has 0 saturated carbocycles. The third-order valence-electron chi connectivity index (χ3n) is 2.86. The van der Waals surface area contributed by atoms with Gasteiger partial charge in [0.1, 0.15) is 10.4 Å². The number of anilines is 2. The summed E-state index contributed by atoms with van der Waals surface area (Å²) in [6.45, 7) is 2.03. The van der Waals surface area contributed by atoms with Gasteiger partial charge in [0.2, 0.25) is 5.95 Å². The SMILES string of the molecule is Nc1cc(Br)nc(N2CCC(CO)CC2)n1. The summed E-state index contributed by atoms with van der Waals surface area (Å²) < 4.78 is 0.708. The lowest BCUT2D eigenvalue weighted by Crippen LogP contribution is -2.36. The van der Waals surface area contributed by atoms with E-state index in [4.69, 9.17) is 10.8 Å². The molecule has 1 saturated heterocycles. The molecule has 1 aliphatic rings. The minimum Gasteiger partial charge on any atom is -0.396 e. The Kier molecular flexibility index (Phi) is 3.60. The van der Waals surface area contributed by atoms with Crippen molar-refractivity contribution in [2.24, 2.45) is 5.92 Å². The Hall–Kier alpha value is -0.880. The summed E-state index contributed by atoms with van der Waals surface area (Å²) in [5.41, 5.74) is 5.67. The normalized spacial score (nSPS) is 17.8. The average molecular weight is 287 g/mol. The van der Waals surface area contributed by atoms with Gasteiger partial charge in [-0.25, -0.2) is 4.98 Å². The van der Waals surface area contributed by atoms with Crippen molar-refractivity contribution >= 4 is 27.7 Å². The third kappa shape index (κ3) is 2.62. The van der Waals surface area contributed by atoms with E-state index in [1.165, 1.54) is 0 Å². The molecule has 0 amide bonds. The highest BCUT2D eigenvalue weighted by Gasteiger charge is 2.20. The fourth-order valence-electron chi connectivity index (χ4n) is 1.88. The van der Waals surface area contributed by atoms with Crippen molar-refractivity contribution in [2.45, 2.75) is 12.8 Å². The van der Waals surface area contributed by atoms with Crippen molar-refractivity contribution in [3.63, 3.8) is 0 Å². The van der Waals surface area contributed by atoms with Crippen LogP contribution in [-0.2, 0) is 0 Å². The zero-order valence-corrected chi connectivity index (χ0v) is 10.5. The van der Waals surface area contributed by atoms with Gasteiger partial charge in [-0.2, -0.15) is 4.98 Å². The standard InChI is InChI=1S/C10H15BrN4O/c11-8-5-9(12)14-10(13-8)15-3-1-7(6-16)2-4-15/h5,7,16H,1-4,6H2,(H2,12,13,14). The van der Waals surface area contributed by atoms with Crippen molar-refractivity contribution in [3.05, 3.63) is 10.7 Å². The van der Waals surface area contributed by atoms with E-state index < -0.39 is 0 Å². The molecule has 2 rings (SSSR count). The molecule has 0 atom stereocenters. The molecule has 0 unspecified atom stereocenters. The fourth-order valence-corrected chi connectivity index (χ4v) is 2.27. The van der Waals surface area contributed by atoms with Gasteiger partial charge in [0.25, 0.3) is 0 Å². The van der Waals surface area contributed by atoms with E-state index in [0.29, 0.717) is 22.3 Å². The van der Waals surface area contributed by atoms with Gasteiger partial charge in [-0.05, 0) is 34.7 Å². The Morgan fingerprint density at radius 1 is 1.44 bits per heavy atom. The van der Waals surface area contributed by atoms with Gasteiger partial charge in [0.05, 0.1) is 0 Å². The maximum Gasteiger partial charge on any atom is 0.228 e. The second kappa shape index (κ2) is 4.97. The summed E-state index contributed by atoms with van der Waals surface area (Å²) in [6, 6.07) is 1.68.